The number of rotatable bonds is 6. The van der Waals surface area contributed by atoms with E-state index >= 15 is 0 Å². The van der Waals surface area contributed by atoms with E-state index in [1.807, 2.05) is 31.2 Å². The normalized spacial score (nSPS) is 20.4. The van der Waals surface area contributed by atoms with Crippen molar-refractivity contribution < 1.29 is 23.5 Å². The molecule has 0 bridgehead atoms. The largest absolute Gasteiger partial charge is 0.463 e. The van der Waals surface area contributed by atoms with Gasteiger partial charge in [0.05, 0.1) is 18.2 Å². The van der Waals surface area contributed by atoms with Crippen LogP contribution in [-0.4, -0.2) is 78.5 Å². The molecule has 40 heavy (non-hydrogen) atoms. The number of amides is 3. The van der Waals surface area contributed by atoms with Gasteiger partial charge in [0.25, 0.3) is 5.91 Å². The summed E-state index contributed by atoms with van der Waals surface area (Å²) in [4.78, 5) is 44.9. The molecule has 4 rings (SSSR count). The van der Waals surface area contributed by atoms with Crippen LogP contribution in [0.2, 0.25) is 0 Å². The Hall–Kier alpha value is -3.72. The fraction of sp³-hybridized carbons (Fsp3) is 0.452. The standard InChI is InChI=1S/C31H39FN4O4/c1-7-40-29(38)26-25(34(6)30(39)33-27(26)21-8-12-23(13-9-21)31(3,4)5)19-35-16-17-36(20(2)18-35)28(37)22-10-14-24(32)15-11-22/h8-15,20,27H,7,16-19H2,1-6H3,(H,33,39). The van der Waals surface area contributed by atoms with Crippen LogP contribution in [0, 0.1) is 5.82 Å². The molecule has 0 aromatic heterocycles. The van der Waals surface area contributed by atoms with Gasteiger partial charge in [-0.1, -0.05) is 45.0 Å². The van der Waals surface area contributed by atoms with Crippen molar-refractivity contribution in [3.05, 3.63) is 82.3 Å². The Labute approximate surface area is 235 Å². The highest BCUT2D eigenvalue weighted by atomic mass is 19.1. The van der Waals surface area contributed by atoms with Gasteiger partial charge in [-0.2, -0.15) is 0 Å². The summed E-state index contributed by atoms with van der Waals surface area (Å²) in [5.74, 6) is -0.997. The van der Waals surface area contributed by atoms with E-state index in [-0.39, 0.29) is 35.8 Å². The van der Waals surface area contributed by atoms with Crippen LogP contribution < -0.4 is 5.32 Å². The number of carbonyl (C=O) groups is 3. The molecule has 2 atom stereocenters. The first-order chi connectivity index (χ1) is 18.9. The molecule has 0 spiro atoms. The second-order valence-corrected chi connectivity index (χ2v) is 11.5. The SMILES string of the molecule is CCOC(=O)C1=C(CN2CCN(C(=O)c3ccc(F)cc3)C(C)C2)N(C)C(=O)NC1c1ccc(C(C)(C)C)cc1. The van der Waals surface area contributed by atoms with Gasteiger partial charge in [0.15, 0.2) is 0 Å². The number of nitrogens with one attached hydrogen (secondary N) is 1. The molecule has 3 amide bonds. The number of urea groups is 1. The molecule has 8 nitrogen and oxygen atoms in total. The van der Waals surface area contributed by atoms with Crippen molar-refractivity contribution in [1.82, 2.24) is 20.0 Å². The van der Waals surface area contributed by atoms with E-state index in [1.165, 1.54) is 29.2 Å². The number of piperazine rings is 1. The topological polar surface area (TPSA) is 82.2 Å². The number of hydrogen-bond donors (Lipinski definition) is 1. The Bertz CT molecular complexity index is 1280. The van der Waals surface area contributed by atoms with Gasteiger partial charge in [0.1, 0.15) is 5.82 Å². The predicted octanol–water partition coefficient (Wildman–Crippen LogP) is 4.48. The van der Waals surface area contributed by atoms with Crippen LogP contribution in [0.3, 0.4) is 0 Å². The van der Waals surface area contributed by atoms with Crippen LogP contribution in [-0.2, 0) is 14.9 Å². The van der Waals surface area contributed by atoms with Crippen LogP contribution in [0.1, 0.15) is 62.1 Å². The first kappa shape index (κ1) is 29.3. The minimum atomic E-state index is -0.648. The van der Waals surface area contributed by atoms with Crippen molar-refractivity contribution in [3.63, 3.8) is 0 Å². The third-order valence-corrected chi connectivity index (χ3v) is 7.62. The Kier molecular flexibility index (Phi) is 8.63. The van der Waals surface area contributed by atoms with E-state index in [0.717, 1.165) is 11.1 Å². The van der Waals surface area contributed by atoms with E-state index in [9.17, 15) is 18.8 Å². The second kappa shape index (κ2) is 11.8. The average molecular weight is 551 g/mol. The molecule has 0 aliphatic carbocycles. The van der Waals surface area contributed by atoms with Crippen LogP contribution in [0.15, 0.2) is 59.8 Å². The third-order valence-electron chi connectivity index (χ3n) is 7.62. The summed E-state index contributed by atoms with van der Waals surface area (Å²) in [6.45, 7) is 12.2. The summed E-state index contributed by atoms with van der Waals surface area (Å²) in [6.07, 6.45) is 0. The van der Waals surface area contributed by atoms with Gasteiger partial charge in [-0.05, 0) is 54.7 Å². The maximum atomic E-state index is 13.3. The highest BCUT2D eigenvalue weighted by molar-refractivity contribution is 5.95. The fourth-order valence-electron chi connectivity index (χ4n) is 5.27. The number of ether oxygens (including phenoxy) is 1. The lowest BCUT2D eigenvalue weighted by atomic mass is 9.85. The molecule has 1 fully saturated rings. The summed E-state index contributed by atoms with van der Waals surface area (Å²) in [5.41, 5.74) is 3.36. The number of carbonyl (C=O) groups excluding carboxylic acids is 3. The van der Waals surface area contributed by atoms with Gasteiger partial charge in [-0.15, -0.1) is 0 Å². The summed E-state index contributed by atoms with van der Waals surface area (Å²) in [6, 6.07) is 12.5. The molecule has 214 valence electrons. The molecule has 1 N–H and O–H groups in total. The van der Waals surface area contributed by atoms with Gasteiger partial charge < -0.3 is 15.0 Å². The number of nitrogens with zero attached hydrogens (tertiary/aromatic N) is 3. The third kappa shape index (κ3) is 6.20. The molecule has 1 saturated heterocycles. The molecule has 0 radical (unpaired) electrons. The van der Waals surface area contributed by atoms with Gasteiger partial charge in [0.2, 0.25) is 0 Å². The smallest absolute Gasteiger partial charge is 0.338 e. The lowest BCUT2D eigenvalue weighted by Crippen LogP contribution is -2.56. The van der Waals surface area contributed by atoms with E-state index in [0.29, 0.717) is 43.0 Å². The zero-order chi connectivity index (χ0) is 29.2. The van der Waals surface area contributed by atoms with E-state index in [2.05, 4.69) is 31.0 Å². The number of hydrogen-bond acceptors (Lipinski definition) is 5. The number of likely N-dealkylation sites (N-methyl/N-ethyl adjacent to an activating group) is 1. The first-order valence-electron chi connectivity index (χ1n) is 13.7. The summed E-state index contributed by atoms with van der Waals surface area (Å²) >= 11 is 0. The maximum absolute atomic E-state index is 13.3. The van der Waals surface area contributed by atoms with Crippen molar-refractivity contribution in [1.29, 1.82) is 0 Å². The van der Waals surface area contributed by atoms with Crippen LogP contribution in [0.25, 0.3) is 0 Å². The van der Waals surface area contributed by atoms with Crippen molar-refractivity contribution in [2.24, 2.45) is 0 Å². The van der Waals surface area contributed by atoms with Gasteiger partial charge in [-0.25, -0.2) is 14.0 Å². The summed E-state index contributed by atoms with van der Waals surface area (Å²) < 4.78 is 18.8. The Balaban J connectivity index is 1.60. The zero-order valence-corrected chi connectivity index (χ0v) is 24.2. The zero-order valence-electron chi connectivity index (χ0n) is 24.2. The molecule has 9 heteroatoms. The fourth-order valence-corrected chi connectivity index (χ4v) is 5.27. The minimum Gasteiger partial charge on any atom is -0.463 e. The monoisotopic (exact) mass is 550 g/mol. The van der Waals surface area contributed by atoms with E-state index in [1.54, 1.807) is 18.9 Å². The van der Waals surface area contributed by atoms with Crippen LogP contribution in [0.5, 0.6) is 0 Å². The lowest BCUT2D eigenvalue weighted by molar-refractivity contribution is -0.139. The van der Waals surface area contributed by atoms with Crippen molar-refractivity contribution >= 4 is 17.9 Å². The molecule has 2 unspecified atom stereocenters. The summed E-state index contributed by atoms with van der Waals surface area (Å²) in [7, 11) is 1.65. The van der Waals surface area contributed by atoms with Gasteiger partial charge in [0, 0.05) is 50.5 Å². The molecule has 2 heterocycles. The van der Waals surface area contributed by atoms with E-state index < -0.39 is 12.0 Å². The quantitative estimate of drug-likeness (QED) is 0.537. The van der Waals surface area contributed by atoms with Gasteiger partial charge in [-0.3, -0.25) is 14.6 Å². The maximum Gasteiger partial charge on any atom is 0.338 e. The highest BCUT2D eigenvalue weighted by Gasteiger charge is 2.38. The molecule has 2 aliphatic heterocycles. The molecule has 2 aromatic carbocycles. The molecular weight excluding hydrogens is 511 g/mol. The number of esters is 1. The van der Waals surface area contributed by atoms with Crippen molar-refractivity contribution in [3.8, 4) is 0 Å². The highest BCUT2D eigenvalue weighted by Crippen LogP contribution is 2.33. The average Bonchev–Trinajstić information content (AvgIpc) is 2.91. The summed E-state index contributed by atoms with van der Waals surface area (Å²) in [5, 5.41) is 2.98. The Morgan fingerprint density at radius 3 is 2.27 bits per heavy atom. The molecular formula is C31H39FN4O4. The minimum absolute atomic E-state index is 0.0313. The van der Waals surface area contributed by atoms with Gasteiger partial charge >= 0.3 is 12.0 Å². The van der Waals surface area contributed by atoms with E-state index in [4.69, 9.17) is 4.74 Å². The Morgan fingerprint density at radius 2 is 1.70 bits per heavy atom. The van der Waals surface area contributed by atoms with Crippen molar-refractivity contribution in [2.75, 3.05) is 39.8 Å². The second-order valence-electron chi connectivity index (χ2n) is 11.5. The van der Waals surface area contributed by atoms with Crippen LogP contribution in [0.4, 0.5) is 9.18 Å². The predicted molar refractivity (Wildman–Crippen MR) is 151 cm³/mol. The number of benzene rings is 2. The first-order valence-corrected chi connectivity index (χ1v) is 13.7. The molecule has 2 aliphatic rings. The molecule has 0 saturated carbocycles. The van der Waals surface area contributed by atoms with Crippen molar-refractivity contribution in [2.45, 2.75) is 52.1 Å². The lowest BCUT2D eigenvalue weighted by Gasteiger charge is -2.42. The molecule has 2 aromatic rings. The Morgan fingerprint density at radius 1 is 1.05 bits per heavy atom. The number of halogens is 1. The van der Waals surface area contributed by atoms with Crippen LogP contribution >= 0.6 is 0 Å².